The van der Waals surface area contributed by atoms with Gasteiger partial charge in [-0.15, -0.1) is 0 Å². The van der Waals surface area contributed by atoms with Crippen molar-refractivity contribution in [2.45, 2.75) is 0 Å². The number of hydrogen-bond acceptors (Lipinski definition) is 4. The average molecular weight is 394 g/mol. The van der Waals surface area contributed by atoms with E-state index in [1.807, 2.05) is 18.2 Å². The Kier molecular flexibility index (Phi) is 15.7. The largest absolute Gasteiger partial charge is 2.00 e. The molecule has 5 nitrogen and oxygen atoms in total. The monoisotopic (exact) mass is 391 g/mol. The molecule has 1 heterocycles. The molecule has 1 aromatic rings. The van der Waals surface area contributed by atoms with Crippen molar-refractivity contribution in [1.82, 2.24) is 0 Å². The minimum absolute atomic E-state index is 0. The second-order valence-electron chi connectivity index (χ2n) is 3.58. The summed E-state index contributed by atoms with van der Waals surface area (Å²) in [6.07, 6.45) is 0. The van der Waals surface area contributed by atoms with Gasteiger partial charge in [0.15, 0.2) is 11.4 Å². The molecule has 9 heteroatoms. The third-order valence-corrected chi connectivity index (χ3v) is 2.68. The summed E-state index contributed by atoms with van der Waals surface area (Å²) >= 11 is 0. The third kappa shape index (κ3) is 6.10. The molecular formula is C11H16Cl3N3O2Zn. The van der Waals surface area contributed by atoms with Gasteiger partial charge >= 0.3 is 19.5 Å². The molecule has 1 saturated heterocycles. The van der Waals surface area contributed by atoms with Crippen LogP contribution in [0.3, 0.4) is 0 Å². The second kappa shape index (κ2) is 12.6. The summed E-state index contributed by atoms with van der Waals surface area (Å²) in [5.74, 6) is 0.700. The number of ether oxygens (including phenoxy) is 2. The van der Waals surface area contributed by atoms with E-state index in [2.05, 4.69) is 10.0 Å². The first-order valence-electron chi connectivity index (χ1n) is 5.27. The smallest absolute Gasteiger partial charge is 1.00 e. The average Bonchev–Trinajstić information content (AvgIpc) is 2.39. The van der Waals surface area contributed by atoms with Crippen LogP contribution in [0.1, 0.15) is 0 Å². The van der Waals surface area contributed by atoms with Crippen LogP contribution in [0, 0.1) is 0 Å². The Bertz CT molecular complexity index is 393. The summed E-state index contributed by atoms with van der Waals surface area (Å²) in [4.78, 5) is 2.26. The van der Waals surface area contributed by atoms with E-state index in [9.17, 15) is 0 Å². The Balaban J connectivity index is -0.000000722. The number of anilines is 1. The maximum absolute atomic E-state index is 5.31. The minimum atomic E-state index is 0. The number of morpholine rings is 1. The van der Waals surface area contributed by atoms with Gasteiger partial charge in [-0.2, -0.15) is 5.53 Å². The summed E-state index contributed by atoms with van der Waals surface area (Å²) in [5, 5.41) is 3.66. The van der Waals surface area contributed by atoms with Crippen molar-refractivity contribution in [3.63, 3.8) is 0 Å². The van der Waals surface area contributed by atoms with Gasteiger partial charge < -0.3 is 51.6 Å². The number of rotatable bonds is 3. The number of halogens is 3. The number of methoxy groups -OCH3 is 1. The first kappa shape index (κ1) is 24.9. The number of nitrogens with zero attached hydrogens (tertiary/aromatic N) is 2. The van der Waals surface area contributed by atoms with Crippen LogP contribution in [0.15, 0.2) is 23.3 Å². The van der Waals surface area contributed by atoms with Gasteiger partial charge in [-0.25, -0.2) is 0 Å². The van der Waals surface area contributed by atoms with E-state index in [0.29, 0.717) is 11.4 Å². The van der Waals surface area contributed by atoms with E-state index in [-0.39, 0.29) is 56.7 Å². The number of hydrogen-bond donors (Lipinski definition) is 1. The Hall–Kier alpha value is -0.127. The quantitative estimate of drug-likeness (QED) is 0.410. The fourth-order valence-electron chi connectivity index (χ4n) is 1.79. The van der Waals surface area contributed by atoms with Crippen molar-refractivity contribution in [2.24, 2.45) is 5.11 Å². The Labute approximate surface area is 150 Å². The molecule has 1 aliphatic rings. The molecule has 2 rings (SSSR count). The normalized spacial score (nSPS) is 12.8. The minimum Gasteiger partial charge on any atom is -1.00 e. The summed E-state index contributed by atoms with van der Waals surface area (Å²) in [6.45, 7) is 3.35. The van der Waals surface area contributed by atoms with Crippen LogP contribution in [-0.4, -0.2) is 33.4 Å². The predicted octanol–water partition coefficient (Wildman–Crippen LogP) is -8.62. The van der Waals surface area contributed by atoms with E-state index in [0.717, 1.165) is 32.0 Å². The van der Waals surface area contributed by atoms with E-state index >= 15 is 0 Å². The van der Waals surface area contributed by atoms with Gasteiger partial charge in [0.2, 0.25) is 0 Å². The molecule has 0 spiro atoms. The predicted molar refractivity (Wildman–Crippen MR) is 60.0 cm³/mol. The molecule has 20 heavy (non-hydrogen) atoms. The van der Waals surface area contributed by atoms with Crippen molar-refractivity contribution in [2.75, 3.05) is 38.3 Å². The molecule has 0 bridgehead atoms. The van der Waals surface area contributed by atoms with Gasteiger partial charge in [0.1, 0.15) is 0 Å². The van der Waals surface area contributed by atoms with Gasteiger partial charge in [-0.3, -0.25) is 0 Å². The first-order valence-corrected chi connectivity index (χ1v) is 5.27. The summed E-state index contributed by atoms with van der Waals surface area (Å²) in [6, 6.07) is 5.82. The molecular weight excluding hydrogens is 378 g/mol. The van der Waals surface area contributed by atoms with Crippen molar-refractivity contribution in [3.8, 4) is 5.75 Å². The zero-order chi connectivity index (χ0) is 11.4. The molecule has 0 aromatic heterocycles. The molecule has 2 N–H and O–H groups in total. The van der Waals surface area contributed by atoms with Gasteiger partial charge in [0, 0.05) is 24.8 Å². The molecule has 0 amide bonds. The Morgan fingerprint density at radius 2 is 1.80 bits per heavy atom. The summed E-state index contributed by atoms with van der Waals surface area (Å²) in [7, 11) is 1.62. The molecule has 0 atom stereocenters. The van der Waals surface area contributed by atoms with Crippen molar-refractivity contribution < 1.29 is 71.7 Å². The SMILES string of the molecule is COc1cc(N2CCOCC2)ccc1N=[NH2+].[Cl-].[Cl-].[Cl-].[Zn+2]. The molecule has 1 aliphatic heterocycles. The van der Waals surface area contributed by atoms with Crippen LogP contribution in [0.25, 0.3) is 0 Å². The van der Waals surface area contributed by atoms with Crippen molar-refractivity contribution in [3.05, 3.63) is 18.2 Å². The third-order valence-electron chi connectivity index (χ3n) is 2.68. The van der Waals surface area contributed by atoms with Gasteiger partial charge in [0.25, 0.3) is 0 Å². The summed E-state index contributed by atoms with van der Waals surface area (Å²) < 4.78 is 10.5. The van der Waals surface area contributed by atoms with Crippen LogP contribution in [0.2, 0.25) is 0 Å². The van der Waals surface area contributed by atoms with Gasteiger partial charge in [-0.05, 0) is 17.2 Å². The van der Waals surface area contributed by atoms with Crippen molar-refractivity contribution >= 4 is 11.4 Å². The maximum atomic E-state index is 5.31. The van der Waals surface area contributed by atoms with E-state index in [4.69, 9.17) is 15.0 Å². The molecule has 0 saturated carbocycles. The number of benzene rings is 1. The first-order chi connectivity index (χ1) is 7.85. The standard InChI is InChI=1S/C11H15N3O2.3ClH.Zn/c1-15-11-8-9(2-3-10(11)13-12)14-4-6-16-7-5-14;;;;/h2-3,8,12H,4-7H2,1H3;3*1H;/q;;;;+2/p-2. The Morgan fingerprint density at radius 3 is 2.30 bits per heavy atom. The van der Waals surface area contributed by atoms with E-state index in [1.54, 1.807) is 7.11 Å². The van der Waals surface area contributed by atoms with Gasteiger partial charge in [-0.1, -0.05) is 0 Å². The van der Waals surface area contributed by atoms with E-state index < -0.39 is 0 Å². The molecule has 110 valence electrons. The molecule has 1 aromatic carbocycles. The molecule has 0 unspecified atom stereocenters. The fourth-order valence-corrected chi connectivity index (χ4v) is 1.79. The fraction of sp³-hybridized carbons (Fsp3) is 0.455. The van der Waals surface area contributed by atoms with Crippen LogP contribution < -0.4 is 52.4 Å². The second-order valence-corrected chi connectivity index (χ2v) is 3.58. The van der Waals surface area contributed by atoms with Gasteiger partial charge in [0.05, 0.1) is 20.3 Å². The van der Waals surface area contributed by atoms with E-state index in [1.165, 1.54) is 0 Å². The molecule has 0 aliphatic carbocycles. The van der Waals surface area contributed by atoms with Crippen LogP contribution >= 0.6 is 0 Å². The Morgan fingerprint density at radius 1 is 1.20 bits per heavy atom. The topological polar surface area (TPSA) is 59.7 Å². The maximum Gasteiger partial charge on any atom is 2.00 e. The molecule has 0 radical (unpaired) electrons. The number of nitrogens with two attached hydrogens (primary N) is 1. The van der Waals surface area contributed by atoms with Crippen LogP contribution in [0.5, 0.6) is 5.75 Å². The van der Waals surface area contributed by atoms with Crippen LogP contribution in [0.4, 0.5) is 11.4 Å². The zero-order valence-corrected chi connectivity index (χ0v) is 16.4. The van der Waals surface area contributed by atoms with Crippen molar-refractivity contribution in [1.29, 1.82) is 0 Å². The zero-order valence-electron chi connectivity index (χ0n) is 11.2. The van der Waals surface area contributed by atoms with Crippen LogP contribution in [-0.2, 0) is 24.2 Å². The summed E-state index contributed by atoms with van der Waals surface area (Å²) in [5.41, 5.74) is 7.05. The molecule has 1 fully saturated rings.